The van der Waals surface area contributed by atoms with Crippen molar-refractivity contribution in [2.45, 2.75) is 45.6 Å². The molecule has 19 heavy (non-hydrogen) atoms. The van der Waals surface area contributed by atoms with E-state index >= 15 is 0 Å². The fourth-order valence-corrected chi connectivity index (χ4v) is 3.55. The summed E-state index contributed by atoms with van der Waals surface area (Å²) in [4.78, 5) is 0. The monoisotopic (exact) mass is 299 g/mol. The molecule has 3 heteroatoms. The van der Waals surface area contributed by atoms with Crippen LogP contribution >= 0.6 is 23.2 Å². The first-order valence-electron chi connectivity index (χ1n) is 7.30. The second-order valence-corrected chi connectivity index (χ2v) is 6.62. The number of halogens is 2. The van der Waals surface area contributed by atoms with E-state index in [0.717, 1.165) is 28.9 Å². The third kappa shape index (κ3) is 3.87. The summed E-state index contributed by atoms with van der Waals surface area (Å²) < 4.78 is 0. The second-order valence-electron chi connectivity index (χ2n) is 5.78. The van der Waals surface area contributed by atoms with Crippen LogP contribution in [-0.2, 0) is 0 Å². The molecular formula is C16H23Cl2N. The minimum Gasteiger partial charge on any atom is -0.310 e. The maximum atomic E-state index is 6.39. The van der Waals surface area contributed by atoms with Crippen molar-refractivity contribution in [1.82, 2.24) is 5.32 Å². The van der Waals surface area contributed by atoms with Crippen molar-refractivity contribution in [2.75, 3.05) is 6.54 Å². The highest BCUT2D eigenvalue weighted by atomic mass is 35.5. The molecule has 1 aliphatic rings. The van der Waals surface area contributed by atoms with Crippen molar-refractivity contribution in [3.05, 3.63) is 33.8 Å². The van der Waals surface area contributed by atoms with Crippen LogP contribution in [-0.4, -0.2) is 6.54 Å². The van der Waals surface area contributed by atoms with Crippen LogP contribution in [0.25, 0.3) is 0 Å². The molecule has 1 aliphatic carbocycles. The average molecular weight is 300 g/mol. The first kappa shape index (κ1) is 15.2. The molecule has 0 radical (unpaired) electrons. The molecular weight excluding hydrogens is 277 g/mol. The van der Waals surface area contributed by atoms with Gasteiger partial charge in [0.1, 0.15) is 0 Å². The molecule has 1 fully saturated rings. The Labute approximate surface area is 126 Å². The molecule has 0 amide bonds. The van der Waals surface area contributed by atoms with E-state index in [1.165, 1.54) is 24.8 Å². The molecule has 1 aromatic carbocycles. The Morgan fingerprint density at radius 3 is 2.74 bits per heavy atom. The lowest BCUT2D eigenvalue weighted by atomic mass is 9.90. The summed E-state index contributed by atoms with van der Waals surface area (Å²) in [7, 11) is 0. The summed E-state index contributed by atoms with van der Waals surface area (Å²) in [6.07, 6.45) is 5.03. The highest BCUT2D eigenvalue weighted by molar-refractivity contribution is 6.33. The molecule has 0 bridgehead atoms. The Bertz CT molecular complexity index is 419. The van der Waals surface area contributed by atoms with Crippen LogP contribution in [0.4, 0.5) is 0 Å². The van der Waals surface area contributed by atoms with Crippen molar-refractivity contribution < 1.29 is 0 Å². The van der Waals surface area contributed by atoms with Gasteiger partial charge in [0.2, 0.25) is 0 Å². The summed E-state index contributed by atoms with van der Waals surface area (Å²) in [5.74, 6) is 1.51. The Morgan fingerprint density at radius 1 is 1.32 bits per heavy atom. The van der Waals surface area contributed by atoms with Gasteiger partial charge in [-0.25, -0.2) is 0 Å². The predicted octanol–water partition coefficient (Wildman–Crippen LogP) is 5.47. The average Bonchev–Trinajstić information content (AvgIpc) is 2.80. The molecule has 1 aromatic rings. The molecule has 106 valence electrons. The molecule has 2 rings (SSSR count). The van der Waals surface area contributed by atoms with Crippen LogP contribution in [0, 0.1) is 11.8 Å². The number of hydrogen-bond acceptors (Lipinski definition) is 1. The van der Waals surface area contributed by atoms with E-state index in [1.807, 2.05) is 18.2 Å². The fraction of sp³-hybridized carbons (Fsp3) is 0.625. The molecule has 3 unspecified atom stereocenters. The van der Waals surface area contributed by atoms with Crippen LogP contribution in [0.15, 0.2) is 18.2 Å². The Morgan fingerprint density at radius 2 is 2.11 bits per heavy atom. The fourth-order valence-electron chi connectivity index (χ4n) is 3.14. The van der Waals surface area contributed by atoms with Gasteiger partial charge in [0.25, 0.3) is 0 Å². The van der Waals surface area contributed by atoms with E-state index in [4.69, 9.17) is 23.2 Å². The summed E-state index contributed by atoms with van der Waals surface area (Å²) in [5, 5.41) is 5.28. The van der Waals surface area contributed by atoms with Gasteiger partial charge in [-0.1, -0.05) is 43.5 Å². The largest absolute Gasteiger partial charge is 0.310 e. The molecule has 0 aromatic heterocycles. The Kier molecular flexibility index (Phi) is 5.56. The summed E-state index contributed by atoms with van der Waals surface area (Å²) in [6, 6.07) is 6.15. The van der Waals surface area contributed by atoms with Crippen LogP contribution in [0.1, 0.15) is 51.1 Å². The summed E-state index contributed by atoms with van der Waals surface area (Å²) >= 11 is 12.5. The number of hydrogen-bond donors (Lipinski definition) is 1. The smallest absolute Gasteiger partial charge is 0.0454 e. The normalized spacial score (nSPS) is 24.6. The molecule has 0 aliphatic heterocycles. The van der Waals surface area contributed by atoms with Gasteiger partial charge in [0.05, 0.1) is 0 Å². The zero-order chi connectivity index (χ0) is 13.8. The van der Waals surface area contributed by atoms with E-state index in [-0.39, 0.29) is 0 Å². The first-order valence-corrected chi connectivity index (χ1v) is 8.05. The van der Waals surface area contributed by atoms with E-state index in [0.29, 0.717) is 12.0 Å². The van der Waals surface area contributed by atoms with E-state index in [1.54, 1.807) is 0 Å². The lowest BCUT2D eigenvalue weighted by Crippen LogP contribution is -2.28. The third-order valence-corrected chi connectivity index (χ3v) is 4.69. The number of rotatable bonds is 5. The lowest BCUT2D eigenvalue weighted by Gasteiger charge is -2.26. The number of nitrogens with one attached hydrogen (secondary N) is 1. The predicted molar refractivity (Wildman–Crippen MR) is 84.0 cm³/mol. The Balaban J connectivity index is 2.23. The minimum absolute atomic E-state index is 0.344. The molecule has 0 heterocycles. The maximum absolute atomic E-state index is 6.39. The third-order valence-electron chi connectivity index (χ3n) is 4.11. The van der Waals surface area contributed by atoms with E-state index < -0.39 is 0 Å². The zero-order valence-electron chi connectivity index (χ0n) is 11.8. The van der Waals surface area contributed by atoms with Gasteiger partial charge in [-0.15, -0.1) is 0 Å². The van der Waals surface area contributed by atoms with Crippen LogP contribution in [0.2, 0.25) is 10.0 Å². The van der Waals surface area contributed by atoms with Gasteiger partial charge in [-0.3, -0.25) is 0 Å². The van der Waals surface area contributed by atoms with Gasteiger partial charge in [0, 0.05) is 16.1 Å². The molecule has 3 atom stereocenters. The van der Waals surface area contributed by atoms with Crippen molar-refractivity contribution in [3.8, 4) is 0 Å². The summed E-state index contributed by atoms with van der Waals surface area (Å²) in [6.45, 7) is 5.57. The minimum atomic E-state index is 0.344. The van der Waals surface area contributed by atoms with E-state index in [9.17, 15) is 0 Å². The molecule has 1 nitrogen and oxygen atoms in total. The molecule has 0 spiro atoms. The lowest BCUT2D eigenvalue weighted by molar-refractivity contribution is 0.359. The molecule has 1 saturated carbocycles. The highest BCUT2D eigenvalue weighted by Gasteiger charge is 2.30. The SMILES string of the molecule is CCCNC(c1cc(Cl)ccc1Cl)C1CCC(C)C1. The van der Waals surface area contributed by atoms with Crippen LogP contribution in [0.3, 0.4) is 0 Å². The quantitative estimate of drug-likeness (QED) is 0.760. The van der Waals surface area contributed by atoms with Crippen molar-refractivity contribution >= 4 is 23.2 Å². The van der Waals surface area contributed by atoms with Crippen LogP contribution < -0.4 is 5.32 Å². The first-order chi connectivity index (χ1) is 9.11. The van der Waals surface area contributed by atoms with Gasteiger partial charge in [0.15, 0.2) is 0 Å². The van der Waals surface area contributed by atoms with E-state index in [2.05, 4.69) is 19.2 Å². The van der Waals surface area contributed by atoms with Gasteiger partial charge in [-0.05, 0) is 61.4 Å². The maximum Gasteiger partial charge on any atom is 0.0454 e. The van der Waals surface area contributed by atoms with Gasteiger partial charge >= 0.3 is 0 Å². The molecule has 1 N–H and O–H groups in total. The van der Waals surface area contributed by atoms with Crippen molar-refractivity contribution in [1.29, 1.82) is 0 Å². The second kappa shape index (κ2) is 6.97. The topological polar surface area (TPSA) is 12.0 Å². The Hall–Kier alpha value is -0.240. The van der Waals surface area contributed by atoms with Crippen molar-refractivity contribution in [3.63, 3.8) is 0 Å². The van der Waals surface area contributed by atoms with Crippen LogP contribution in [0.5, 0.6) is 0 Å². The van der Waals surface area contributed by atoms with Gasteiger partial charge < -0.3 is 5.32 Å². The standard InChI is InChI=1S/C16H23Cl2N/c1-3-8-19-16(12-5-4-11(2)9-12)14-10-13(17)6-7-15(14)18/h6-7,10-12,16,19H,3-5,8-9H2,1-2H3. The van der Waals surface area contributed by atoms with Crippen molar-refractivity contribution in [2.24, 2.45) is 11.8 Å². The van der Waals surface area contributed by atoms with Gasteiger partial charge in [-0.2, -0.15) is 0 Å². The highest BCUT2D eigenvalue weighted by Crippen LogP contribution is 2.41. The summed E-state index contributed by atoms with van der Waals surface area (Å²) in [5.41, 5.74) is 1.17. The number of benzene rings is 1. The molecule has 0 saturated heterocycles. The zero-order valence-corrected chi connectivity index (χ0v) is 13.3.